The normalized spacial score (nSPS) is 20.5. The zero-order valence-electron chi connectivity index (χ0n) is 12.9. The lowest BCUT2D eigenvalue weighted by Gasteiger charge is -2.25. The van der Waals surface area contributed by atoms with Crippen molar-refractivity contribution in [3.05, 3.63) is 24.3 Å². The Bertz CT molecular complexity index is 442. The van der Waals surface area contributed by atoms with Crippen molar-refractivity contribution in [2.45, 2.75) is 50.0 Å². The van der Waals surface area contributed by atoms with Crippen molar-refractivity contribution in [2.24, 2.45) is 11.7 Å². The number of thioether (sulfide) groups is 1. The molecule has 2 atom stereocenters. The van der Waals surface area contributed by atoms with E-state index < -0.39 is 0 Å². The van der Waals surface area contributed by atoms with Crippen molar-refractivity contribution in [3.8, 4) is 0 Å². The molecule has 1 saturated carbocycles. The zero-order chi connectivity index (χ0) is 14.4. The molecule has 0 spiro atoms. The second kappa shape index (κ2) is 11.2. The number of hydrogen-bond donors (Lipinski definition) is 2. The predicted octanol–water partition coefficient (Wildman–Crippen LogP) is 4.49. The maximum absolute atomic E-state index is 12.2. The molecule has 0 saturated heterocycles. The Morgan fingerprint density at radius 1 is 1.27 bits per heavy atom. The van der Waals surface area contributed by atoms with E-state index in [1.807, 2.05) is 23.9 Å². The molecule has 1 amide bonds. The molecule has 1 aromatic rings. The van der Waals surface area contributed by atoms with Gasteiger partial charge < -0.3 is 11.1 Å². The molecular formula is C16H26Cl2N2OS. The van der Waals surface area contributed by atoms with E-state index in [9.17, 15) is 4.79 Å². The van der Waals surface area contributed by atoms with Gasteiger partial charge in [-0.1, -0.05) is 13.3 Å². The summed E-state index contributed by atoms with van der Waals surface area (Å²) in [5.41, 5.74) is 6.82. The van der Waals surface area contributed by atoms with E-state index >= 15 is 0 Å². The molecule has 1 aliphatic carbocycles. The second-order valence-electron chi connectivity index (χ2n) is 5.49. The largest absolute Gasteiger partial charge is 0.328 e. The quantitative estimate of drug-likeness (QED) is 0.756. The lowest BCUT2D eigenvalue weighted by molar-refractivity contribution is -0.120. The molecule has 0 bridgehead atoms. The van der Waals surface area contributed by atoms with Crippen molar-refractivity contribution in [1.82, 2.24) is 0 Å². The maximum atomic E-state index is 12.2. The lowest BCUT2D eigenvalue weighted by Crippen LogP contribution is -2.34. The summed E-state index contributed by atoms with van der Waals surface area (Å²) < 4.78 is 0. The van der Waals surface area contributed by atoms with Crippen molar-refractivity contribution in [1.29, 1.82) is 0 Å². The predicted molar refractivity (Wildman–Crippen MR) is 101 cm³/mol. The Morgan fingerprint density at radius 2 is 1.95 bits per heavy atom. The van der Waals surface area contributed by atoms with Crippen LogP contribution in [-0.4, -0.2) is 17.7 Å². The number of carbonyl (C=O) groups is 1. The van der Waals surface area contributed by atoms with E-state index in [0.717, 1.165) is 37.1 Å². The topological polar surface area (TPSA) is 55.1 Å². The van der Waals surface area contributed by atoms with Crippen molar-refractivity contribution < 1.29 is 4.79 Å². The minimum absolute atomic E-state index is 0. The highest BCUT2D eigenvalue weighted by atomic mass is 35.5. The fraction of sp³-hybridized carbons (Fsp3) is 0.562. The molecule has 3 nitrogen and oxygen atoms in total. The number of hydrogen-bond acceptors (Lipinski definition) is 3. The fourth-order valence-electron chi connectivity index (χ4n) is 2.56. The van der Waals surface area contributed by atoms with Crippen LogP contribution in [-0.2, 0) is 4.79 Å². The monoisotopic (exact) mass is 364 g/mol. The van der Waals surface area contributed by atoms with Gasteiger partial charge in [0.1, 0.15) is 0 Å². The molecule has 0 aromatic heterocycles. The minimum Gasteiger partial charge on any atom is -0.328 e. The average molecular weight is 365 g/mol. The molecule has 126 valence electrons. The summed E-state index contributed by atoms with van der Waals surface area (Å²) >= 11 is 1.85. The number of nitrogens with one attached hydrogen (secondary N) is 1. The Kier molecular flexibility index (Phi) is 11.0. The molecule has 2 rings (SSSR count). The van der Waals surface area contributed by atoms with Crippen LogP contribution in [0.15, 0.2) is 29.2 Å². The van der Waals surface area contributed by atoms with Gasteiger partial charge in [0.15, 0.2) is 0 Å². The number of carbonyl (C=O) groups excluding carboxylic acids is 1. The molecule has 0 radical (unpaired) electrons. The van der Waals surface area contributed by atoms with Gasteiger partial charge in [0.2, 0.25) is 5.91 Å². The van der Waals surface area contributed by atoms with Crippen molar-refractivity contribution >= 4 is 48.2 Å². The standard InChI is InChI=1S/C16H24N2OS.2ClH/c1-2-10-20-15-8-6-14(7-9-15)18-16(19)12-4-3-5-13(17)11-12;;/h6-9,12-13H,2-5,10-11,17H2,1H3,(H,18,19);2*1H/t12-,13+;;/m1../s1. The zero-order valence-corrected chi connectivity index (χ0v) is 15.4. The first kappa shape index (κ1) is 21.6. The molecule has 6 heteroatoms. The van der Waals surface area contributed by atoms with Crippen LogP contribution < -0.4 is 11.1 Å². The van der Waals surface area contributed by atoms with Crippen LogP contribution in [0.25, 0.3) is 0 Å². The summed E-state index contributed by atoms with van der Waals surface area (Å²) in [5.74, 6) is 1.33. The van der Waals surface area contributed by atoms with E-state index in [1.165, 1.54) is 11.3 Å². The van der Waals surface area contributed by atoms with Gasteiger partial charge in [0, 0.05) is 22.5 Å². The average Bonchev–Trinajstić information content (AvgIpc) is 2.46. The Balaban J connectivity index is 0.00000220. The highest BCUT2D eigenvalue weighted by molar-refractivity contribution is 7.99. The number of halogens is 2. The minimum atomic E-state index is 0. The van der Waals surface area contributed by atoms with Crippen molar-refractivity contribution in [3.63, 3.8) is 0 Å². The number of nitrogens with two attached hydrogens (primary N) is 1. The Morgan fingerprint density at radius 3 is 2.55 bits per heavy atom. The molecule has 1 aromatic carbocycles. The first-order valence-corrected chi connectivity index (χ1v) is 8.47. The second-order valence-corrected chi connectivity index (χ2v) is 6.65. The third-order valence-electron chi connectivity index (χ3n) is 3.68. The van der Waals surface area contributed by atoms with E-state index in [2.05, 4.69) is 24.4 Å². The van der Waals surface area contributed by atoms with Gasteiger partial charge in [0.25, 0.3) is 0 Å². The summed E-state index contributed by atoms with van der Waals surface area (Å²) in [4.78, 5) is 13.5. The van der Waals surface area contributed by atoms with Crippen LogP contribution in [0.5, 0.6) is 0 Å². The van der Waals surface area contributed by atoms with Crippen LogP contribution in [0.1, 0.15) is 39.0 Å². The van der Waals surface area contributed by atoms with Gasteiger partial charge in [-0.25, -0.2) is 0 Å². The fourth-order valence-corrected chi connectivity index (χ4v) is 3.33. The summed E-state index contributed by atoms with van der Waals surface area (Å²) in [7, 11) is 0. The number of rotatable bonds is 5. The van der Waals surface area contributed by atoms with Crippen LogP contribution in [0.2, 0.25) is 0 Å². The molecule has 1 aliphatic rings. The van der Waals surface area contributed by atoms with E-state index in [0.29, 0.717) is 0 Å². The molecule has 1 fully saturated rings. The Hall–Kier alpha value is -0.420. The van der Waals surface area contributed by atoms with Crippen LogP contribution >= 0.6 is 36.6 Å². The first-order chi connectivity index (χ1) is 9.69. The summed E-state index contributed by atoms with van der Waals surface area (Å²) in [6.07, 6.45) is 5.06. The van der Waals surface area contributed by atoms with Gasteiger partial charge in [-0.3, -0.25) is 4.79 Å². The molecule has 22 heavy (non-hydrogen) atoms. The third kappa shape index (κ3) is 6.78. The summed E-state index contributed by atoms with van der Waals surface area (Å²) in [6, 6.07) is 8.30. The molecule has 0 aliphatic heterocycles. The van der Waals surface area contributed by atoms with Crippen LogP contribution in [0.4, 0.5) is 5.69 Å². The van der Waals surface area contributed by atoms with E-state index in [-0.39, 0.29) is 42.7 Å². The SMILES string of the molecule is CCCSc1ccc(NC(=O)[C@@H]2CCC[C@H](N)C2)cc1.Cl.Cl. The maximum Gasteiger partial charge on any atom is 0.227 e. The Labute approximate surface area is 150 Å². The van der Waals surface area contributed by atoms with E-state index in [1.54, 1.807) is 0 Å². The first-order valence-electron chi connectivity index (χ1n) is 7.48. The molecule has 0 unspecified atom stereocenters. The highest BCUT2D eigenvalue weighted by Crippen LogP contribution is 2.25. The van der Waals surface area contributed by atoms with Gasteiger partial charge in [-0.2, -0.15) is 0 Å². The number of benzene rings is 1. The van der Waals surface area contributed by atoms with Gasteiger partial charge in [-0.15, -0.1) is 36.6 Å². The third-order valence-corrected chi connectivity index (χ3v) is 4.90. The molecule has 3 N–H and O–H groups in total. The smallest absolute Gasteiger partial charge is 0.227 e. The van der Waals surface area contributed by atoms with Crippen LogP contribution in [0, 0.1) is 5.92 Å². The van der Waals surface area contributed by atoms with Gasteiger partial charge in [0.05, 0.1) is 0 Å². The summed E-state index contributed by atoms with van der Waals surface area (Å²) in [6.45, 7) is 2.18. The van der Waals surface area contributed by atoms with E-state index in [4.69, 9.17) is 5.73 Å². The molecular weight excluding hydrogens is 339 g/mol. The van der Waals surface area contributed by atoms with Crippen LogP contribution in [0.3, 0.4) is 0 Å². The lowest BCUT2D eigenvalue weighted by atomic mass is 9.85. The molecule has 0 heterocycles. The van der Waals surface area contributed by atoms with Gasteiger partial charge >= 0.3 is 0 Å². The number of amides is 1. The highest BCUT2D eigenvalue weighted by Gasteiger charge is 2.25. The van der Waals surface area contributed by atoms with Gasteiger partial charge in [-0.05, 0) is 55.7 Å². The van der Waals surface area contributed by atoms with Crippen molar-refractivity contribution in [2.75, 3.05) is 11.1 Å². The summed E-state index contributed by atoms with van der Waals surface area (Å²) in [5, 5.41) is 3.01. The number of anilines is 1.